The number of hydrogen-bond donors (Lipinski definition) is 2. The Morgan fingerprint density at radius 3 is 2.71 bits per heavy atom. The van der Waals surface area contributed by atoms with Crippen molar-refractivity contribution < 1.29 is 9.53 Å². The van der Waals surface area contributed by atoms with Crippen LogP contribution in [0.15, 0.2) is 30.3 Å². The summed E-state index contributed by atoms with van der Waals surface area (Å²) in [6, 6.07) is 9.19. The predicted molar refractivity (Wildman–Crippen MR) is 113 cm³/mol. The first kappa shape index (κ1) is 18.2. The monoisotopic (exact) mass is 395 g/mol. The first-order valence-corrected chi connectivity index (χ1v) is 9.75. The van der Waals surface area contributed by atoms with Crippen LogP contribution in [-0.2, 0) is 7.05 Å². The Morgan fingerprint density at radius 2 is 2.00 bits per heavy atom. The maximum Gasteiger partial charge on any atom is 0.248 e. The zero-order valence-electron chi connectivity index (χ0n) is 16.1. The third-order valence-electron chi connectivity index (χ3n) is 4.50. The Bertz CT molecular complexity index is 1210. The second kappa shape index (κ2) is 6.79. The van der Waals surface area contributed by atoms with Gasteiger partial charge >= 0.3 is 0 Å². The number of imidazole rings is 1. The Balaban J connectivity index is 1.79. The molecule has 0 radical (unpaired) electrons. The summed E-state index contributed by atoms with van der Waals surface area (Å²) in [6.45, 7) is 5.87. The minimum atomic E-state index is -0.492. The molecule has 144 valence electrons. The average Bonchev–Trinajstić information content (AvgIpc) is 3.17. The van der Waals surface area contributed by atoms with Crippen LogP contribution in [0.3, 0.4) is 0 Å². The highest BCUT2D eigenvalue weighted by Crippen LogP contribution is 2.35. The molecule has 28 heavy (non-hydrogen) atoms. The second-order valence-electron chi connectivity index (χ2n) is 6.88. The van der Waals surface area contributed by atoms with Gasteiger partial charge in [0.05, 0.1) is 22.0 Å². The lowest BCUT2D eigenvalue weighted by molar-refractivity contribution is 0.100. The van der Waals surface area contributed by atoms with Crippen molar-refractivity contribution in [2.45, 2.75) is 26.9 Å². The van der Waals surface area contributed by atoms with E-state index in [4.69, 9.17) is 15.5 Å². The summed E-state index contributed by atoms with van der Waals surface area (Å²) >= 11 is 1.52. The fourth-order valence-corrected chi connectivity index (χ4v) is 3.95. The van der Waals surface area contributed by atoms with E-state index in [0.717, 1.165) is 27.1 Å². The van der Waals surface area contributed by atoms with Crippen LogP contribution in [-0.4, -0.2) is 26.5 Å². The van der Waals surface area contributed by atoms with E-state index in [2.05, 4.69) is 16.4 Å². The van der Waals surface area contributed by atoms with Crippen molar-refractivity contribution in [2.75, 3.05) is 5.32 Å². The highest BCUT2D eigenvalue weighted by molar-refractivity contribution is 7.22. The van der Waals surface area contributed by atoms with Gasteiger partial charge in [0.25, 0.3) is 0 Å². The molecule has 4 rings (SSSR count). The standard InChI is InChI=1S/C20H21N5O2S/c1-10(2)27-15-7-5-12(19(21)26)9-13(15)23-20-24-18-16(28-20)8-6-14-17(18)22-11(3)25(14)4/h5-10H,1-4H3,(H2,21,26)(H,23,24). The maximum atomic E-state index is 11.6. The van der Waals surface area contributed by atoms with Gasteiger partial charge in [-0.25, -0.2) is 9.97 Å². The molecule has 0 spiro atoms. The normalized spacial score (nSPS) is 11.5. The van der Waals surface area contributed by atoms with E-state index in [1.54, 1.807) is 18.2 Å². The van der Waals surface area contributed by atoms with Crippen molar-refractivity contribution in [3.05, 3.63) is 41.7 Å². The van der Waals surface area contributed by atoms with Crippen molar-refractivity contribution in [3.8, 4) is 5.75 Å². The number of rotatable bonds is 5. The van der Waals surface area contributed by atoms with Crippen molar-refractivity contribution in [2.24, 2.45) is 12.8 Å². The third kappa shape index (κ3) is 3.16. The van der Waals surface area contributed by atoms with E-state index in [0.29, 0.717) is 22.1 Å². The molecule has 0 aliphatic rings. The molecule has 2 aromatic carbocycles. The van der Waals surface area contributed by atoms with Crippen LogP contribution in [0.4, 0.5) is 10.8 Å². The van der Waals surface area contributed by atoms with Gasteiger partial charge in [-0.15, -0.1) is 0 Å². The fourth-order valence-electron chi connectivity index (χ4n) is 3.07. The number of amides is 1. The Morgan fingerprint density at radius 1 is 1.21 bits per heavy atom. The quantitative estimate of drug-likeness (QED) is 0.530. The second-order valence-corrected chi connectivity index (χ2v) is 7.91. The van der Waals surface area contributed by atoms with E-state index in [9.17, 15) is 4.79 Å². The first-order chi connectivity index (χ1) is 13.3. The topological polar surface area (TPSA) is 95.1 Å². The number of ether oxygens (including phenoxy) is 1. The van der Waals surface area contributed by atoms with Crippen LogP contribution in [0.1, 0.15) is 30.0 Å². The first-order valence-electron chi connectivity index (χ1n) is 8.93. The highest BCUT2D eigenvalue weighted by Gasteiger charge is 2.15. The van der Waals surface area contributed by atoms with E-state index in [1.165, 1.54) is 11.3 Å². The molecule has 0 atom stereocenters. The fraction of sp³-hybridized carbons (Fsp3) is 0.250. The lowest BCUT2D eigenvalue weighted by atomic mass is 10.1. The summed E-state index contributed by atoms with van der Waals surface area (Å²) in [6.07, 6.45) is -0.00790. The molecule has 0 unspecified atom stereocenters. The van der Waals surface area contributed by atoms with Crippen LogP contribution >= 0.6 is 11.3 Å². The molecule has 3 N–H and O–H groups in total. The number of anilines is 2. The van der Waals surface area contributed by atoms with Gasteiger partial charge in [-0.1, -0.05) is 11.3 Å². The molecule has 0 aliphatic heterocycles. The lowest BCUT2D eigenvalue weighted by Gasteiger charge is -2.15. The number of nitrogens with two attached hydrogens (primary N) is 1. The largest absolute Gasteiger partial charge is 0.489 e. The molecule has 1 amide bonds. The molecule has 4 aromatic rings. The molecule has 0 saturated carbocycles. The molecule has 0 fully saturated rings. The lowest BCUT2D eigenvalue weighted by Crippen LogP contribution is -2.12. The zero-order chi connectivity index (χ0) is 20.0. The number of aromatic nitrogens is 3. The Kier molecular flexibility index (Phi) is 4.43. The average molecular weight is 395 g/mol. The number of fused-ring (bicyclic) bond motifs is 3. The number of hydrogen-bond acceptors (Lipinski definition) is 6. The van der Waals surface area contributed by atoms with Crippen molar-refractivity contribution in [3.63, 3.8) is 0 Å². The summed E-state index contributed by atoms with van der Waals surface area (Å²) in [7, 11) is 1.99. The maximum absolute atomic E-state index is 11.6. The van der Waals surface area contributed by atoms with Gasteiger partial charge in [-0.2, -0.15) is 0 Å². The van der Waals surface area contributed by atoms with Gasteiger partial charge in [-0.05, 0) is 51.1 Å². The number of nitrogens with zero attached hydrogens (tertiary/aromatic N) is 3. The van der Waals surface area contributed by atoms with Gasteiger partial charge < -0.3 is 20.4 Å². The summed E-state index contributed by atoms with van der Waals surface area (Å²) in [5, 5.41) is 3.98. The number of carbonyl (C=O) groups excluding carboxylic acids is 1. The number of benzene rings is 2. The molecule has 2 aromatic heterocycles. The van der Waals surface area contributed by atoms with E-state index in [1.807, 2.05) is 38.5 Å². The van der Waals surface area contributed by atoms with E-state index < -0.39 is 5.91 Å². The van der Waals surface area contributed by atoms with Gasteiger partial charge in [-0.3, -0.25) is 4.79 Å². The molecule has 0 saturated heterocycles. The molecule has 0 aliphatic carbocycles. The van der Waals surface area contributed by atoms with Crippen LogP contribution in [0.25, 0.3) is 21.3 Å². The van der Waals surface area contributed by atoms with Gasteiger partial charge in [0.2, 0.25) is 5.91 Å². The minimum Gasteiger partial charge on any atom is -0.489 e. The Labute approximate surface area is 166 Å². The predicted octanol–water partition coefficient (Wildman–Crippen LogP) is 4.12. The molecular formula is C20H21N5O2S. The molecule has 8 heteroatoms. The molecular weight excluding hydrogens is 374 g/mol. The van der Waals surface area contributed by atoms with E-state index in [-0.39, 0.29) is 6.10 Å². The SMILES string of the molecule is Cc1nc2c3nc(Nc4cc(C(N)=O)ccc4OC(C)C)sc3ccc2n1C. The summed E-state index contributed by atoms with van der Waals surface area (Å²) in [4.78, 5) is 21.0. The van der Waals surface area contributed by atoms with Gasteiger partial charge in [0.15, 0.2) is 5.13 Å². The van der Waals surface area contributed by atoms with Crippen molar-refractivity contribution in [1.82, 2.24) is 14.5 Å². The van der Waals surface area contributed by atoms with Crippen LogP contribution < -0.4 is 15.8 Å². The highest BCUT2D eigenvalue weighted by atomic mass is 32.1. The van der Waals surface area contributed by atoms with Gasteiger partial charge in [0.1, 0.15) is 22.6 Å². The smallest absolute Gasteiger partial charge is 0.248 e. The van der Waals surface area contributed by atoms with Crippen LogP contribution in [0, 0.1) is 6.92 Å². The van der Waals surface area contributed by atoms with Crippen molar-refractivity contribution in [1.29, 1.82) is 0 Å². The number of aryl methyl sites for hydroxylation is 2. The van der Waals surface area contributed by atoms with Crippen LogP contribution in [0.5, 0.6) is 5.75 Å². The summed E-state index contributed by atoms with van der Waals surface area (Å²) in [5.41, 5.74) is 9.27. The number of carbonyl (C=O) groups is 1. The summed E-state index contributed by atoms with van der Waals surface area (Å²) < 4.78 is 8.94. The molecule has 7 nitrogen and oxygen atoms in total. The third-order valence-corrected chi connectivity index (χ3v) is 5.44. The number of primary amides is 1. The Hall–Kier alpha value is -3.13. The minimum absolute atomic E-state index is 0.00790. The molecule has 0 bridgehead atoms. The van der Waals surface area contributed by atoms with Crippen molar-refractivity contribution >= 4 is 49.3 Å². The number of thiazole rings is 1. The zero-order valence-corrected chi connectivity index (χ0v) is 16.9. The number of nitrogens with one attached hydrogen (secondary N) is 1. The molecule has 2 heterocycles. The van der Waals surface area contributed by atoms with Gasteiger partial charge in [0, 0.05) is 12.6 Å². The van der Waals surface area contributed by atoms with Crippen LogP contribution in [0.2, 0.25) is 0 Å². The summed E-state index contributed by atoms with van der Waals surface area (Å²) in [5.74, 6) is 1.08. The van der Waals surface area contributed by atoms with E-state index >= 15 is 0 Å².